The van der Waals surface area contributed by atoms with Gasteiger partial charge < -0.3 is 20.1 Å². The van der Waals surface area contributed by atoms with Crippen LogP contribution >= 0.6 is 11.9 Å². The molecule has 0 amide bonds. The van der Waals surface area contributed by atoms with E-state index >= 15 is 0 Å². The van der Waals surface area contributed by atoms with Crippen LogP contribution in [-0.4, -0.2) is 20.6 Å². The molecule has 2 aliphatic heterocycles. The van der Waals surface area contributed by atoms with E-state index in [-0.39, 0.29) is 35.7 Å². The van der Waals surface area contributed by atoms with Crippen molar-refractivity contribution in [2.75, 3.05) is 5.73 Å². The Morgan fingerprint density at radius 3 is 2.78 bits per heavy atom. The first-order valence-electron chi connectivity index (χ1n) is 11.3. The molecule has 0 aliphatic carbocycles. The molecule has 0 spiro atoms. The van der Waals surface area contributed by atoms with Gasteiger partial charge >= 0.3 is 5.97 Å². The quantitative estimate of drug-likeness (QED) is 0.194. The predicted molar refractivity (Wildman–Crippen MR) is 134 cm³/mol. The predicted octanol–water partition coefficient (Wildman–Crippen LogP) is 3.34. The van der Waals surface area contributed by atoms with Crippen molar-refractivity contribution in [1.82, 2.24) is 14.3 Å². The molecule has 1 atom stereocenters. The fraction of sp³-hybridized carbons (Fsp3) is 0.192. The van der Waals surface area contributed by atoms with Gasteiger partial charge in [0.15, 0.2) is 6.10 Å². The molecule has 2 aromatic heterocycles. The Labute approximate surface area is 209 Å². The van der Waals surface area contributed by atoms with Crippen LogP contribution in [0.1, 0.15) is 33.9 Å². The molecule has 0 radical (unpaired) electrons. The van der Waals surface area contributed by atoms with Crippen LogP contribution in [0, 0.1) is 12.7 Å². The van der Waals surface area contributed by atoms with Crippen LogP contribution in [0.4, 0.5) is 10.1 Å². The van der Waals surface area contributed by atoms with Crippen LogP contribution in [0.2, 0.25) is 0 Å². The van der Waals surface area contributed by atoms with Crippen LogP contribution in [0.5, 0.6) is 0 Å². The number of halogens is 1. The number of aliphatic hydroxyl groups is 1. The smallest absolute Gasteiger partial charge is 0.340 e. The number of cyclic esters (lactones) is 1. The van der Waals surface area contributed by atoms with Gasteiger partial charge in [0.05, 0.1) is 29.0 Å². The van der Waals surface area contributed by atoms with E-state index in [4.69, 9.17) is 15.5 Å². The lowest BCUT2D eigenvalue weighted by Gasteiger charge is -2.21. The Bertz CT molecular complexity index is 1630. The van der Waals surface area contributed by atoms with E-state index < -0.39 is 12.1 Å². The topological polar surface area (TPSA) is 119 Å². The number of rotatable bonds is 4. The summed E-state index contributed by atoms with van der Waals surface area (Å²) in [5.74, 6) is -1.16. The van der Waals surface area contributed by atoms with Crippen LogP contribution in [0.25, 0.3) is 22.3 Å². The van der Waals surface area contributed by atoms with Gasteiger partial charge in [0.25, 0.3) is 5.56 Å². The zero-order chi connectivity index (χ0) is 25.1. The van der Waals surface area contributed by atoms with E-state index in [2.05, 4.69) is 4.72 Å². The number of carbonyl (C=O) groups is 1. The van der Waals surface area contributed by atoms with Crippen molar-refractivity contribution in [2.45, 2.75) is 37.6 Å². The molecular weight excluding hydrogens is 483 g/mol. The second-order valence-corrected chi connectivity index (χ2v) is 9.86. The first-order valence-corrected chi connectivity index (χ1v) is 12.1. The number of aryl methyl sites for hydroxylation is 1. The van der Waals surface area contributed by atoms with Crippen LogP contribution in [0.15, 0.2) is 52.2 Å². The fourth-order valence-electron chi connectivity index (χ4n) is 4.77. The standard InChI is InChI=1S/C26H21FN4O4S/c1-12-6-15-17(9-29-36-14-4-2-13(28)3-5-14)18-10-31-22(23(18)30-21(15)8-20(12)27)7-16-19(25(31)33)11-35-26(34)24(16)32/h2-8,24,29,32H,9-11,28H2,1H3. The Kier molecular flexibility index (Phi) is 5.32. The number of aliphatic hydroxyl groups excluding tert-OH is 1. The van der Waals surface area contributed by atoms with Crippen LogP contribution < -0.4 is 16.0 Å². The maximum Gasteiger partial charge on any atom is 0.340 e. The van der Waals surface area contributed by atoms with Gasteiger partial charge in [0, 0.05) is 39.7 Å². The van der Waals surface area contributed by atoms with Gasteiger partial charge in [-0.05, 0) is 66.4 Å². The van der Waals surface area contributed by atoms with Crippen molar-refractivity contribution in [2.24, 2.45) is 0 Å². The lowest BCUT2D eigenvalue weighted by molar-refractivity contribution is -0.157. The molecule has 0 saturated carbocycles. The first-order chi connectivity index (χ1) is 17.3. The molecule has 4 N–H and O–H groups in total. The third-order valence-corrected chi connectivity index (χ3v) is 7.47. The van der Waals surface area contributed by atoms with Gasteiger partial charge in [0.1, 0.15) is 12.4 Å². The van der Waals surface area contributed by atoms with E-state index in [9.17, 15) is 19.1 Å². The van der Waals surface area contributed by atoms with Crippen LogP contribution in [-0.2, 0) is 29.2 Å². The summed E-state index contributed by atoms with van der Waals surface area (Å²) in [6.07, 6.45) is -1.53. The minimum atomic E-state index is -1.53. The van der Waals surface area contributed by atoms with Gasteiger partial charge in [-0.15, -0.1) is 0 Å². The molecule has 1 unspecified atom stereocenters. The summed E-state index contributed by atoms with van der Waals surface area (Å²) >= 11 is 1.44. The Morgan fingerprint density at radius 1 is 1.22 bits per heavy atom. The minimum absolute atomic E-state index is 0.187. The number of benzene rings is 2. The zero-order valence-corrected chi connectivity index (χ0v) is 20.0. The maximum atomic E-state index is 14.5. The summed E-state index contributed by atoms with van der Waals surface area (Å²) in [6, 6.07) is 12.3. The number of nitrogens with one attached hydrogen (secondary N) is 1. The maximum absolute atomic E-state index is 14.5. The number of nitrogens with zero attached hydrogens (tertiary/aromatic N) is 2. The van der Waals surface area contributed by atoms with E-state index in [1.165, 1.54) is 18.0 Å². The molecular formula is C26H21FN4O4S. The minimum Gasteiger partial charge on any atom is -0.458 e. The molecule has 8 nitrogen and oxygen atoms in total. The summed E-state index contributed by atoms with van der Waals surface area (Å²) in [7, 11) is 0. The molecule has 2 aromatic carbocycles. The Hall–Kier alpha value is -3.73. The van der Waals surface area contributed by atoms with Crippen molar-refractivity contribution >= 4 is 34.5 Å². The number of hydrogen-bond donors (Lipinski definition) is 3. The summed E-state index contributed by atoms with van der Waals surface area (Å²) in [5, 5.41) is 11.1. The number of nitrogen functional groups attached to an aromatic ring is 1. The first kappa shape index (κ1) is 22.7. The molecule has 0 saturated heterocycles. The average Bonchev–Trinajstić information content (AvgIpc) is 3.22. The number of carbonyl (C=O) groups excluding carboxylic acids is 1. The van der Waals surface area contributed by atoms with Gasteiger partial charge in [-0.2, -0.15) is 0 Å². The number of pyridine rings is 2. The molecule has 0 fully saturated rings. The van der Waals surface area contributed by atoms with Crippen molar-refractivity contribution in [3.8, 4) is 11.4 Å². The van der Waals surface area contributed by atoms with E-state index in [1.54, 1.807) is 23.6 Å². The third-order valence-electron chi connectivity index (χ3n) is 6.67. The number of hydrogen-bond acceptors (Lipinski definition) is 8. The largest absolute Gasteiger partial charge is 0.458 e. The van der Waals surface area contributed by atoms with Crippen molar-refractivity contribution in [3.63, 3.8) is 0 Å². The lowest BCUT2D eigenvalue weighted by atomic mass is 9.98. The van der Waals surface area contributed by atoms with Crippen molar-refractivity contribution < 1.29 is 19.0 Å². The van der Waals surface area contributed by atoms with Gasteiger partial charge in [0.2, 0.25) is 0 Å². The number of nitrogens with two attached hydrogens (primary N) is 1. The number of aromatic nitrogens is 2. The molecule has 0 bridgehead atoms. The molecule has 2 aliphatic rings. The number of ether oxygens (including phenoxy) is 1. The van der Waals surface area contributed by atoms with Crippen molar-refractivity contribution in [1.29, 1.82) is 0 Å². The van der Waals surface area contributed by atoms with Gasteiger partial charge in [-0.1, -0.05) is 0 Å². The monoisotopic (exact) mass is 504 g/mol. The fourth-order valence-corrected chi connectivity index (χ4v) is 5.42. The van der Waals surface area contributed by atoms with E-state index in [0.717, 1.165) is 21.4 Å². The summed E-state index contributed by atoms with van der Waals surface area (Å²) in [5.41, 5.74) is 10.3. The number of esters is 1. The molecule has 4 heterocycles. The highest BCUT2D eigenvalue weighted by Crippen LogP contribution is 2.38. The second kappa shape index (κ2) is 8.44. The second-order valence-electron chi connectivity index (χ2n) is 8.89. The SMILES string of the molecule is Cc1cc2c(CNSc3ccc(N)cc3)c3c(nc2cc1F)-c1cc2c(c(=O)n1C3)COC(=O)C2O. The lowest BCUT2D eigenvalue weighted by Crippen LogP contribution is -2.32. The number of anilines is 1. The van der Waals surface area contributed by atoms with Crippen molar-refractivity contribution in [3.05, 3.63) is 86.5 Å². The molecule has 10 heteroatoms. The molecule has 36 heavy (non-hydrogen) atoms. The highest BCUT2D eigenvalue weighted by Gasteiger charge is 2.34. The third kappa shape index (κ3) is 3.57. The normalized spacial score (nSPS) is 16.0. The van der Waals surface area contributed by atoms with Gasteiger partial charge in [-0.3, -0.25) is 9.52 Å². The summed E-state index contributed by atoms with van der Waals surface area (Å²) in [6.45, 7) is 2.21. The Balaban J connectivity index is 1.48. The summed E-state index contributed by atoms with van der Waals surface area (Å²) in [4.78, 5) is 30.9. The Morgan fingerprint density at radius 2 is 2.00 bits per heavy atom. The highest BCUT2D eigenvalue weighted by atomic mass is 32.2. The zero-order valence-electron chi connectivity index (χ0n) is 19.2. The number of fused-ring (bicyclic) bond motifs is 5. The van der Waals surface area contributed by atoms with Gasteiger partial charge in [-0.25, -0.2) is 14.2 Å². The highest BCUT2D eigenvalue weighted by molar-refractivity contribution is 7.97. The molecule has 4 aromatic rings. The molecule has 6 rings (SSSR count). The van der Waals surface area contributed by atoms with E-state index in [0.29, 0.717) is 34.7 Å². The molecule has 182 valence electrons. The van der Waals surface area contributed by atoms with E-state index in [1.807, 2.05) is 24.3 Å². The van der Waals surface area contributed by atoms with Crippen LogP contribution in [0.3, 0.4) is 0 Å². The summed E-state index contributed by atoms with van der Waals surface area (Å²) < 4.78 is 24.4. The average molecular weight is 505 g/mol.